The van der Waals surface area contributed by atoms with Gasteiger partial charge in [-0.1, -0.05) is 35.0 Å². The maximum Gasteiger partial charge on any atom is 0.352 e. The first-order valence-electron chi connectivity index (χ1n) is 9.27. The van der Waals surface area contributed by atoms with Crippen molar-refractivity contribution in [2.45, 2.75) is 23.1 Å². The molecule has 16 heteroatoms. The Balaban J connectivity index is 1.44. The molecule has 1 saturated heterocycles. The minimum atomic E-state index is -1.22. The van der Waals surface area contributed by atoms with Crippen LogP contribution in [0.5, 0.6) is 0 Å². The summed E-state index contributed by atoms with van der Waals surface area (Å²) in [5.74, 6) is -1.59. The van der Waals surface area contributed by atoms with Crippen molar-refractivity contribution in [3.63, 3.8) is 0 Å². The number of carboxylic acid groups (broad SMARTS) is 1. The van der Waals surface area contributed by atoms with E-state index in [-0.39, 0.29) is 22.3 Å². The van der Waals surface area contributed by atoms with E-state index in [1.54, 1.807) is 7.05 Å². The molecule has 4 heterocycles. The van der Waals surface area contributed by atoms with Crippen molar-refractivity contribution in [2.75, 3.05) is 11.5 Å². The number of aliphatic carboxylic acids is 1. The second-order valence-corrected chi connectivity index (χ2v) is 9.90. The summed E-state index contributed by atoms with van der Waals surface area (Å²) >= 11 is 14.2. The van der Waals surface area contributed by atoms with Gasteiger partial charge in [0.15, 0.2) is 0 Å². The second-order valence-electron chi connectivity index (χ2n) is 7.04. The van der Waals surface area contributed by atoms with Crippen LogP contribution in [0.4, 0.5) is 0 Å². The monoisotopic (exact) mass is 531 g/mol. The van der Waals surface area contributed by atoms with Crippen LogP contribution in [0.3, 0.4) is 0 Å². The average Bonchev–Trinajstić information content (AvgIpc) is 3.18. The highest BCUT2D eigenvalue weighted by atomic mass is 35.5. The molecule has 2 N–H and O–H groups in total. The number of nitrogens with zero attached hydrogens (tertiary/aromatic N) is 6. The summed E-state index contributed by atoms with van der Waals surface area (Å²) in [4.78, 5) is 49.9. The van der Waals surface area contributed by atoms with Gasteiger partial charge in [0, 0.05) is 30.9 Å². The first kappa shape index (κ1) is 23.6. The molecule has 0 spiro atoms. The average molecular weight is 532 g/mol. The van der Waals surface area contributed by atoms with E-state index >= 15 is 0 Å². The number of carboxylic acids is 1. The van der Waals surface area contributed by atoms with Crippen molar-refractivity contribution in [1.82, 2.24) is 35.0 Å². The molecule has 4 rings (SSSR count). The van der Waals surface area contributed by atoms with E-state index in [1.165, 1.54) is 50.1 Å². The maximum absolute atomic E-state index is 12.8. The maximum atomic E-state index is 12.8. The number of carbonyl (C=O) groups excluding carboxylic acids is 2. The molecule has 12 nitrogen and oxygen atoms in total. The van der Waals surface area contributed by atoms with Gasteiger partial charge in [0.05, 0.1) is 0 Å². The standard InChI is InChI=1S/C17H15Cl2N7O5S2/c1-24-17(21-22-23-24)33-6-7-5-32-15-11(14(29)26(15)12(7)16(30)31)20-10(27)4-25-2-8(18)13(28)9(19)3-25/h2-3,11,15H,4-6H2,1H3,(H,20,27)(H,30,31)/t11-,15-/m1/s1. The highest BCUT2D eigenvalue weighted by Crippen LogP contribution is 2.41. The number of nitrogens with one attached hydrogen (secondary N) is 1. The molecule has 0 aliphatic carbocycles. The third-order valence-corrected chi connectivity index (χ3v) is 7.82. The SMILES string of the molecule is Cn1nnnc1SCC1=C(C(=O)O)N2C(=O)[C@@H](NC(=O)Cn3cc(Cl)c(=O)c(Cl)c3)[C@H]2SC1. The molecule has 2 aromatic heterocycles. The van der Waals surface area contributed by atoms with Crippen LogP contribution in [-0.2, 0) is 28.0 Å². The fourth-order valence-corrected chi connectivity index (χ4v) is 6.16. The number of hydrogen-bond acceptors (Lipinski definition) is 9. The predicted molar refractivity (Wildman–Crippen MR) is 120 cm³/mol. The number of hydrogen-bond donors (Lipinski definition) is 2. The van der Waals surface area contributed by atoms with Crippen LogP contribution in [0.2, 0.25) is 10.0 Å². The molecule has 0 aromatic carbocycles. The summed E-state index contributed by atoms with van der Waals surface area (Å²) in [6.45, 7) is -0.226. The van der Waals surface area contributed by atoms with Gasteiger partial charge in [-0.2, -0.15) is 0 Å². The summed E-state index contributed by atoms with van der Waals surface area (Å²) < 4.78 is 2.79. The lowest BCUT2D eigenvalue weighted by Gasteiger charge is -2.49. The van der Waals surface area contributed by atoms with E-state index in [2.05, 4.69) is 20.8 Å². The van der Waals surface area contributed by atoms with Crippen molar-refractivity contribution in [3.8, 4) is 0 Å². The van der Waals surface area contributed by atoms with Crippen LogP contribution in [0.15, 0.2) is 33.6 Å². The van der Waals surface area contributed by atoms with E-state index in [9.17, 15) is 24.3 Å². The van der Waals surface area contributed by atoms with Gasteiger partial charge in [-0.3, -0.25) is 19.3 Å². The Kier molecular flexibility index (Phi) is 6.70. The van der Waals surface area contributed by atoms with Crippen LogP contribution in [-0.4, -0.2) is 75.5 Å². The molecule has 1 fully saturated rings. The molecule has 2 aromatic rings. The highest BCUT2D eigenvalue weighted by molar-refractivity contribution is 8.01. The largest absolute Gasteiger partial charge is 0.477 e. The van der Waals surface area contributed by atoms with E-state index in [0.717, 1.165) is 0 Å². The molecular formula is C17H15Cl2N7O5S2. The molecule has 0 saturated carbocycles. The zero-order valence-electron chi connectivity index (χ0n) is 16.8. The van der Waals surface area contributed by atoms with E-state index in [1.807, 2.05) is 0 Å². The number of thioether (sulfide) groups is 2. The third kappa shape index (κ3) is 4.60. The van der Waals surface area contributed by atoms with Crippen molar-refractivity contribution >= 4 is 64.5 Å². The van der Waals surface area contributed by atoms with Crippen LogP contribution in [0, 0.1) is 0 Å². The molecule has 2 aliphatic heterocycles. The minimum absolute atomic E-state index is 0.0872. The summed E-state index contributed by atoms with van der Waals surface area (Å²) in [6.07, 6.45) is 2.53. The van der Waals surface area contributed by atoms with Gasteiger partial charge in [-0.15, -0.1) is 16.9 Å². The molecule has 2 atom stereocenters. The number of aryl methyl sites for hydroxylation is 1. The number of pyridine rings is 1. The topological polar surface area (TPSA) is 152 Å². The first-order valence-corrected chi connectivity index (χ1v) is 12.1. The summed E-state index contributed by atoms with van der Waals surface area (Å²) in [5, 5.41) is 23.2. The molecule has 0 bridgehead atoms. The van der Waals surface area contributed by atoms with E-state index in [4.69, 9.17) is 23.2 Å². The number of tetrazole rings is 1. The number of fused-ring (bicyclic) bond motifs is 1. The fourth-order valence-electron chi connectivity index (χ4n) is 3.33. The Morgan fingerprint density at radius 2 is 2.00 bits per heavy atom. The van der Waals surface area contributed by atoms with Gasteiger partial charge in [0.1, 0.15) is 33.7 Å². The molecule has 2 amide bonds. The predicted octanol–water partition coefficient (Wildman–Crippen LogP) is 0.210. The van der Waals surface area contributed by atoms with Gasteiger partial charge < -0.3 is 15.0 Å². The van der Waals surface area contributed by atoms with E-state index in [0.29, 0.717) is 22.2 Å². The highest BCUT2D eigenvalue weighted by Gasteiger charge is 2.54. The lowest BCUT2D eigenvalue weighted by Crippen LogP contribution is -2.70. The quantitative estimate of drug-likeness (QED) is 0.374. The Labute approximate surface area is 204 Å². The van der Waals surface area contributed by atoms with Crippen molar-refractivity contribution in [2.24, 2.45) is 7.05 Å². The summed E-state index contributed by atoms with van der Waals surface area (Å²) in [5.41, 5.74) is -0.0703. The van der Waals surface area contributed by atoms with Crippen LogP contribution >= 0.6 is 46.7 Å². The number of aromatic nitrogens is 5. The summed E-state index contributed by atoms with van der Waals surface area (Å²) in [6, 6.07) is -0.876. The Hall–Kier alpha value is -2.55. The van der Waals surface area contributed by atoms with Crippen LogP contribution in [0.1, 0.15) is 0 Å². The summed E-state index contributed by atoms with van der Waals surface area (Å²) in [7, 11) is 1.67. The Morgan fingerprint density at radius 3 is 2.61 bits per heavy atom. The lowest BCUT2D eigenvalue weighted by atomic mass is 10.0. The van der Waals surface area contributed by atoms with Gasteiger partial charge in [0.25, 0.3) is 5.91 Å². The zero-order valence-corrected chi connectivity index (χ0v) is 19.9. The number of β-lactam (4-membered cyclic amide) rings is 1. The van der Waals surface area contributed by atoms with Crippen molar-refractivity contribution in [3.05, 3.63) is 43.9 Å². The molecule has 0 unspecified atom stereocenters. The number of halogens is 2. The van der Waals surface area contributed by atoms with Crippen molar-refractivity contribution in [1.29, 1.82) is 0 Å². The number of carbonyl (C=O) groups is 3. The number of rotatable bonds is 7. The van der Waals surface area contributed by atoms with Gasteiger partial charge >= 0.3 is 5.97 Å². The zero-order chi connectivity index (χ0) is 23.9. The third-order valence-electron chi connectivity index (χ3n) is 4.84. The smallest absolute Gasteiger partial charge is 0.352 e. The molecular weight excluding hydrogens is 517 g/mol. The molecule has 2 aliphatic rings. The fraction of sp³-hybridized carbons (Fsp3) is 0.353. The van der Waals surface area contributed by atoms with Crippen LogP contribution in [0.25, 0.3) is 0 Å². The normalized spacial score (nSPS) is 19.8. The van der Waals surface area contributed by atoms with Crippen molar-refractivity contribution < 1.29 is 19.5 Å². The Bertz CT molecular complexity index is 1220. The number of amides is 2. The van der Waals surface area contributed by atoms with Gasteiger partial charge in [0.2, 0.25) is 16.5 Å². The first-order chi connectivity index (χ1) is 15.7. The molecule has 0 radical (unpaired) electrons. The van der Waals surface area contributed by atoms with Gasteiger partial charge in [-0.25, -0.2) is 9.48 Å². The second kappa shape index (κ2) is 9.37. The molecule has 33 heavy (non-hydrogen) atoms. The van der Waals surface area contributed by atoms with E-state index < -0.39 is 34.6 Å². The minimum Gasteiger partial charge on any atom is -0.477 e. The van der Waals surface area contributed by atoms with Crippen LogP contribution < -0.4 is 10.7 Å². The van der Waals surface area contributed by atoms with Gasteiger partial charge in [-0.05, 0) is 16.0 Å². The Morgan fingerprint density at radius 1 is 1.30 bits per heavy atom. The lowest BCUT2D eigenvalue weighted by molar-refractivity contribution is -0.150. The molecule has 174 valence electrons.